The number of benzene rings is 1. The molecule has 0 aliphatic rings. The molecule has 1 rings (SSSR count). The fraction of sp³-hybridized carbons (Fsp3) is 0.417. The van der Waals surface area contributed by atoms with E-state index in [-0.39, 0.29) is 36.9 Å². The number of aromatic hydroxyl groups is 1. The normalized spacial score (nSPS) is 10.0. The third-order valence-electron chi connectivity index (χ3n) is 1.98. The van der Waals surface area contributed by atoms with Gasteiger partial charge in [0.1, 0.15) is 6.61 Å². The molecule has 0 fully saturated rings. The molecule has 0 bridgehead atoms. The zero-order chi connectivity index (χ0) is 12.7. The zero-order valence-corrected chi connectivity index (χ0v) is 9.68. The second-order valence-electron chi connectivity index (χ2n) is 3.40. The molecule has 0 heterocycles. The maximum Gasteiger partial charge on any atom is 0.311 e. The van der Waals surface area contributed by atoms with E-state index in [1.54, 1.807) is 12.1 Å². The van der Waals surface area contributed by atoms with Gasteiger partial charge in [-0.2, -0.15) is 0 Å². The molecule has 2 N–H and O–H groups in total. The van der Waals surface area contributed by atoms with Crippen LogP contribution in [0, 0.1) is 0 Å². The molecule has 0 amide bonds. The summed E-state index contributed by atoms with van der Waals surface area (Å²) in [5.41, 5.74) is 0. The number of aliphatic hydroxyl groups excluding tert-OH is 1. The molecular weight excluding hydrogens is 224 g/mol. The number of ether oxygens (including phenoxy) is 2. The lowest BCUT2D eigenvalue weighted by atomic mass is 10.3. The Morgan fingerprint density at radius 1 is 1.41 bits per heavy atom. The first-order chi connectivity index (χ1) is 8.19. The monoisotopic (exact) mass is 240 g/mol. The van der Waals surface area contributed by atoms with E-state index >= 15 is 0 Å². The van der Waals surface area contributed by atoms with Gasteiger partial charge in [0, 0.05) is 6.42 Å². The molecule has 5 heteroatoms. The standard InChI is InChI=1S/C12H16O5/c1-2-4-11(15)17-12-9(14)5-3-6-10(12)16-8-7-13/h3,5-6,13-14H,2,4,7-8H2,1H3. The Labute approximate surface area is 99.6 Å². The van der Waals surface area contributed by atoms with Crippen LogP contribution in [0.2, 0.25) is 0 Å². The fourth-order valence-electron chi connectivity index (χ4n) is 1.25. The molecular formula is C12H16O5. The number of esters is 1. The number of para-hydroxylation sites is 1. The summed E-state index contributed by atoms with van der Waals surface area (Å²) in [6.45, 7) is 1.77. The number of rotatable bonds is 6. The van der Waals surface area contributed by atoms with Crippen molar-refractivity contribution < 1.29 is 24.5 Å². The molecule has 0 aliphatic carbocycles. The first-order valence-electron chi connectivity index (χ1n) is 5.45. The van der Waals surface area contributed by atoms with Gasteiger partial charge in [0.15, 0.2) is 11.5 Å². The summed E-state index contributed by atoms with van der Waals surface area (Å²) in [6, 6.07) is 4.53. The highest BCUT2D eigenvalue weighted by molar-refractivity contribution is 5.74. The van der Waals surface area contributed by atoms with Crippen molar-refractivity contribution >= 4 is 5.97 Å². The number of phenols is 1. The van der Waals surface area contributed by atoms with E-state index in [0.717, 1.165) is 0 Å². The third-order valence-corrected chi connectivity index (χ3v) is 1.98. The summed E-state index contributed by atoms with van der Waals surface area (Å²) in [6.07, 6.45) is 0.938. The number of aliphatic hydroxyl groups is 1. The number of phenolic OH excluding ortho intramolecular Hbond substituents is 1. The molecule has 0 spiro atoms. The number of carbonyl (C=O) groups is 1. The van der Waals surface area contributed by atoms with Crippen molar-refractivity contribution in [3.05, 3.63) is 18.2 Å². The van der Waals surface area contributed by atoms with Gasteiger partial charge in [0.2, 0.25) is 5.75 Å². The number of hydrogen-bond donors (Lipinski definition) is 2. The van der Waals surface area contributed by atoms with E-state index in [4.69, 9.17) is 14.6 Å². The Morgan fingerprint density at radius 2 is 2.18 bits per heavy atom. The quantitative estimate of drug-likeness (QED) is 0.581. The van der Waals surface area contributed by atoms with Gasteiger partial charge >= 0.3 is 5.97 Å². The summed E-state index contributed by atoms with van der Waals surface area (Å²) in [7, 11) is 0. The highest BCUT2D eigenvalue weighted by atomic mass is 16.6. The second-order valence-corrected chi connectivity index (χ2v) is 3.40. The predicted molar refractivity (Wildman–Crippen MR) is 61.2 cm³/mol. The molecule has 17 heavy (non-hydrogen) atoms. The van der Waals surface area contributed by atoms with Gasteiger partial charge in [-0.15, -0.1) is 0 Å². The van der Waals surface area contributed by atoms with Crippen molar-refractivity contribution in [2.24, 2.45) is 0 Å². The SMILES string of the molecule is CCCC(=O)Oc1c(O)cccc1OCCO. The molecule has 0 radical (unpaired) electrons. The Hall–Kier alpha value is -1.75. The Kier molecular flexibility index (Phi) is 5.29. The molecule has 1 aromatic carbocycles. The lowest BCUT2D eigenvalue weighted by Gasteiger charge is -2.11. The van der Waals surface area contributed by atoms with Gasteiger partial charge in [0.25, 0.3) is 0 Å². The van der Waals surface area contributed by atoms with Crippen LogP contribution in [0.1, 0.15) is 19.8 Å². The Balaban J connectivity index is 2.83. The lowest BCUT2D eigenvalue weighted by molar-refractivity contribution is -0.134. The molecule has 0 aromatic heterocycles. The number of carbonyl (C=O) groups excluding carboxylic acids is 1. The minimum absolute atomic E-state index is 0.000556. The van der Waals surface area contributed by atoms with Crippen LogP contribution in [0.4, 0.5) is 0 Å². The van der Waals surface area contributed by atoms with Gasteiger partial charge in [-0.3, -0.25) is 4.79 Å². The molecule has 1 aromatic rings. The van der Waals surface area contributed by atoms with Crippen LogP contribution in [0.15, 0.2) is 18.2 Å². The first-order valence-corrected chi connectivity index (χ1v) is 5.45. The van der Waals surface area contributed by atoms with Crippen molar-refractivity contribution in [1.29, 1.82) is 0 Å². The average molecular weight is 240 g/mol. The van der Waals surface area contributed by atoms with Crippen LogP contribution < -0.4 is 9.47 Å². The highest BCUT2D eigenvalue weighted by Crippen LogP contribution is 2.36. The smallest absolute Gasteiger partial charge is 0.311 e. The minimum Gasteiger partial charge on any atom is -0.504 e. The van der Waals surface area contributed by atoms with Crippen molar-refractivity contribution in [2.45, 2.75) is 19.8 Å². The van der Waals surface area contributed by atoms with Crippen molar-refractivity contribution in [3.8, 4) is 17.2 Å². The average Bonchev–Trinajstić information content (AvgIpc) is 2.30. The largest absolute Gasteiger partial charge is 0.504 e. The molecule has 0 aliphatic heterocycles. The predicted octanol–water partition coefficient (Wildman–Crippen LogP) is 1.47. The van der Waals surface area contributed by atoms with Gasteiger partial charge in [-0.25, -0.2) is 0 Å². The summed E-state index contributed by atoms with van der Waals surface area (Å²) in [4.78, 5) is 11.4. The van der Waals surface area contributed by atoms with Gasteiger partial charge < -0.3 is 19.7 Å². The first kappa shape index (κ1) is 13.3. The van der Waals surface area contributed by atoms with Crippen LogP contribution in [0.25, 0.3) is 0 Å². The van der Waals surface area contributed by atoms with Gasteiger partial charge in [0.05, 0.1) is 6.61 Å². The van der Waals surface area contributed by atoms with E-state index in [1.165, 1.54) is 6.07 Å². The fourth-order valence-corrected chi connectivity index (χ4v) is 1.25. The molecule has 0 saturated carbocycles. The Morgan fingerprint density at radius 3 is 2.82 bits per heavy atom. The maximum atomic E-state index is 11.4. The highest BCUT2D eigenvalue weighted by Gasteiger charge is 2.14. The summed E-state index contributed by atoms with van der Waals surface area (Å²) >= 11 is 0. The zero-order valence-electron chi connectivity index (χ0n) is 9.68. The van der Waals surface area contributed by atoms with E-state index in [2.05, 4.69) is 0 Å². The van der Waals surface area contributed by atoms with Gasteiger partial charge in [-0.05, 0) is 18.6 Å². The van der Waals surface area contributed by atoms with Crippen molar-refractivity contribution in [2.75, 3.05) is 13.2 Å². The summed E-state index contributed by atoms with van der Waals surface area (Å²) < 4.78 is 10.2. The van der Waals surface area contributed by atoms with Crippen LogP contribution >= 0.6 is 0 Å². The second kappa shape index (κ2) is 6.75. The van der Waals surface area contributed by atoms with Gasteiger partial charge in [-0.1, -0.05) is 13.0 Å². The van der Waals surface area contributed by atoms with Crippen LogP contribution in [0.5, 0.6) is 17.2 Å². The van der Waals surface area contributed by atoms with Crippen molar-refractivity contribution in [1.82, 2.24) is 0 Å². The van der Waals surface area contributed by atoms with Crippen LogP contribution in [-0.4, -0.2) is 29.4 Å². The molecule has 0 atom stereocenters. The van der Waals surface area contributed by atoms with E-state index in [1.807, 2.05) is 6.92 Å². The molecule has 0 saturated heterocycles. The molecule has 94 valence electrons. The third kappa shape index (κ3) is 3.96. The summed E-state index contributed by atoms with van der Waals surface area (Å²) in [5, 5.41) is 18.2. The van der Waals surface area contributed by atoms with Crippen LogP contribution in [-0.2, 0) is 4.79 Å². The van der Waals surface area contributed by atoms with E-state index in [0.29, 0.717) is 6.42 Å². The van der Waals surface area contributed by atoms with E-state index in [9.17, 15) is 9.90 Å². The minimum atomic E-state index is -0.428. The lowest BCUT2D eigenvalue weighted by Crippen LogP contribution is -2.09. The summed E-state index contributed by atoms with van der Waals surface area (Å²) in [5.74, 6) is -0.351. The van der Waals surface area contributed by atoms with Crippen molar-refractivity contribution in [3.63, 3.8) is 0 Å². The number of hydrogen-bond acceptors (Lipinski definition) is 5. The van der Waals surface area contributed by atoms with E-state index < -0.39 is 5.97 Å². The molecule has 5 nitrogen and oxygen atoms in total. The van der Waals surface area contributed by atoms with Crippen LogP contribution in [0.3, 0.4) is 0 Å². The molecule has 0 unspecified atom stereocenters. The topological polar surface area (TPSA) is 76.0 Å². The maximum absolute atomic E-state index is 11.4. The Bertz CT molecular complexity index is 375.